The van der Waals surface area contributed by atoms with Crippen molar-refractivity contribution in [1.82, 2.24) is 9.80 Å². The lowest BCUT2D eigenvalue weighted by atomic mass is 10.1. The van der Waals surface area contributed by atoms with Crippen LogP contribution < -0.4 is 4.90 Å². The van der Waals surface area contributed by atoms with E-state index in [4.69, 9.17) is 23.2 Å². The highest BCUT2D eigenvalue weighted by molar-refractivity contribution is 6.42. The minimum Gasteiger partial charge on any atom is -0.369 e. The average Bonchev–Trinajstić information content (AvgIpc) is 2.70. The van der Waals surface area contributed by atoms with Crippen molar-refractivity contribution in [1.29, 1.82) is 0 Å². The molecular weight excluding hydrogens is 393 g/mol. The van der Waals surface area contributed by atoms with Crippen molar-refractivity contribution < 1.29 is 4.79 Å². The van der Waals surface area contributed by atoms with E-state index in [-0.39, 0.29) is 5.91 Å². The van der Waals surface area contributed by atoms with Gasteiger partial charge in [0.1, 0.15) is 0 Å². The molecule has 4 nitrogen and oxygen atoms in total. The van der Waals surface area contributed by atoms with Crippen molar-refractivity contribution in [2.45, 2.75) is 26.4 Å². The highest BCUT2D eigenvalue weighted by Gasteiger charge is 2.19. The molecule has 2 aromatic rings. The maximum Gasteiger partial charge on any atom is 0.253 e. The number of benzene rings is 2. The first kappa shape index (κ1) is 21.0. The Bertz CT molecular complexity index is 815. The van der Waals surface area contributed by atoms with Crippen LogP contribution in [0.4, 0.5) is 5.69 Å². The molecular formula is C22H27Cl2N3O. The van der Waals surface area contributed by atoms with E-state index in [0.717, 1.165) is 31.7 Å². The summed E-state index contributed by atoms with van der Waals surface area (Å²) in [4.78, 5) is 19.3. The van der Waals surface area contributed by atoms with E-state index < -0.39 is 0 Å². The smallest absolute Gasteiger partial charge is 0.253 e. The quantitative estimate of drug-likeness (QED) is 0.696. The normalized spacial score (nSPS) is 15.1. The molecule has 6 heteroatoms. The van der Waals surface area contributed by atoms with Gasteiger partial charge in [-0.15, -0.1) is 0 Å². The molecule has 0 spiro atoms. The standard InChI is InChI=1S/C22H27Cl2N3O/c1-16(2)26-10-12-27(13-11-26)19-7-5-18(6-8-19)22(28)25(3)15-17-4-9-20(23)21(24)14-17/h4-9,14,16H,10-13,15H2,1-3H3. The number of piperazine rings is 1. The molecule has 0 aromatic heterocycles. The summed E-state index contributed by atoms with van der Waals surface area (Å²) < 4.78 is 0. The van der Waals surface area contributed by atoms with Crippen LogP contribution in [0, 0.1) is 0 Å². The van der Waals surface area contributed by atoms with Crippen LogP contribution in [0.5, 0.6) is 0 Å². The molecule has 1 aliphatic rings. The van der Waals surface area contributed by atoms with Gasteiger partial charge in [0.15, 0.2) is 0 Å². The Balaban J connectivity index is 1.61. The van der Waals surface area contributed by atoms with Crippen molar-refractivity contribution in [2.75, 3.05) is 38.1 Å². The van der Waals surface area contributed by atoms with Crippen LogP contribution >= 0.6 is 23.2 Å². The largest absolute Gasteiger partial charge is 0.369 e. The first-order chi connectivity index (χ1) is 13.3. The molecule has 1 fully saturated rings. The summed E-state index contributed by atoms with van der Waals surface area (Å²) in [5.74, 6) is -0.0118. The first-order valence-corrected chi connectivity index (χ1v) is 10.4. The fourth-order valence-electron chi connectivity index (χ4n) is 3.52. The summed E-state index contributed by atoms with van der Waals surface area (Å²) in [6.45, 7) is 9.14. The van der Waals surface area contributed by atoms with E-state index in [1.807, 2.05) is 30.3 Å². The molecule has 0 N–H and O–H groups in total. The van der Waals surface area contributed by atoms with Gasteiger partial charge < -0.3 is 9.80 Å². The summed E-state index contributed by atoms with van der Waals surface area (Å²) in [6, 6.07) is 14.0. The lowest BCUT2D eigenvalue weighted by Crippen LogP contribution is -2.48. The Morgan fingerprint density at radius 2 is 1.64 bits per heavy atom. The Hall–Kier alpha value is -1.75. The third kappa shape index (κ3) is 4.99. The lowest BCUT2D eigenvalue weighted by Gasteiger charge is -2.38. The zero-order chi connectivity index (χ0) is 20.3. The molecule has 0 aliphatic carbocycles. The second-order valence-electron chi connectivity index (χ2n) is 7.57. The summed E-state index contributed by atoms with van der Waals surface area (Å²) >= 11 is 12.0. The minimum absolute atomic E-state index is 0.0118. The lowest BCUT2D eigenvalue weighted by molar-refractivity contribution is 0.0785. The van der Waals surface area contributed by atoms with Gasteiger partial charge in [0.2, 0.25) is 0 Å². The number of hydrogen-bond donors (Lipinski definition) is 0. The van der Waals surface area contributed by atoms with Crippen molar-refractivity contribution in [3.63, 3.8) is 0 Å². The highest BCUT2D eigenvalue weighted by atomic mass is 35.5. The Morgan fingerprint density at radius 3 is 2.21 bits per heavy atom. The van der Waals surface area contributed by atoms with Gasteiger partial charge in [0.05, 0.1) is 10.0 Å². The fourth-order valence-corrected chi connectivity index (χ4v) is 3.84. The monoisotopic (exact) mass is 419 g/mol. The van der Waals surface area contributed by atoms with Gasteiger partial charge in [-0.1, -0.05) is 29.3 Å². The zero-order valence-corrected chi connectivity index (χ0v) is 18.2. The van der Waals surface area contributed by atoms with Crippen LogP contribution in [0.3, 0.4) is 0 Å². The predicted molar refractivity (Wildman–Crippen MR) is 118 cm³/mol. The fraction of sp³-hybridized carbons (Fsp3) is 0.409. The first-order valence-electron chi connectivity index (χ1n) is 9.63. The van der Waals surface area contributed by atoms with Gasteiger partial charge in [-0.3, -0.25) is 9.69 Å². The zero-order valence-electron chi connectivity index (χ0n) is 16.7. The van der Waals surface area contributed by atoms with Crippen LogP contribution in [0.2, 0.25) is 10.0 Å². The Kier molecular flexibility index (Phi) is 6.86. The molecule has 1 heterocycles. The molecule has 0 bridgehead atoms. The van der Waals surface area contributed by atoms with Gasteiger partial charge in [-0.25, -0.2) is 0 Å². The van der Waals surface area contributed by atoms with E-state index in [9.17, 15) is 4.79 Å². The summed E-state index contributed by atoms with van der Waals surface area (Å²) in [6.07, 6.45) is 0. The van der Waals surface area contributed by atoms with Gasteiger partial charge >= 0.3 is 0 Å². The molecule has 3 rings (SSSR count). The van der Waals surface area contributed by atoms with Crippen molar-refractivity contribution in [3.8, 4) is 0 Å². The molecule has 0 saturated carbocycles. The van der Waals surface area contributed by atoms with E-state index in [2.05, 4.69) is 23.6 Å². The molecule has 0 atom stereocenters. The molecule has 150 valence electrons. The second kappa shape index (κ2) is 9.17. The molecule has 1 saturated heterocycles. The number of amides is 1. The average molecular weight is 420 g/mol. The number of anilines is 1. The van der Waals surface area contributed by atoms with Crippen molar-refractivity contribution in [3.05, 3.63) is 63.6 Å². The van der Waals surface area contributed by atoms with Crippen LogP contribution in [0.15, 0.2) is 42.5 Å². The predicted octanol–water partition coefficient (Wildman–Crippen LogP) is 4.80. The third-order valence-electron chi connectivity index (χ3n) is 5.27. The van der Waals surface area contributed by atoms with E-state index in [1.165, 1.54) is 5.69 Å². The van der Waals surface area contributed by atoms with Gasteiger partial charge in [0.25, 0.3) is 5.91 Å². The van der Waals surface area contributed by atoms with Crippen LogP contribution in [0.1, 0.15) is 29.8 Å². The minimum atomic E-state index is -0.0118. The third-order valence-corrected chi connectivity index (χ3v) is 6.01. The number of carbonyl (C=O) groups excluding carboxylic acids is 1. The van der Waals surface area contributed by atoms with E-state index in [1.54, 1.807) is 24.1 Å². The molecule has 1 aliphatic heterocycles. The van der Waals surface area contributed by atoms with E-state index in [0.29, 0.717) is 28.2 Å². The SMILES string of the molecule is CC(C)N1CCN(c2ccc(C(=O)N(C)Cc3ccc(Cl)c(Cl)c3)cc2)CC1. The Morgan fingerprint density at radius 1 is 1.00 bits per heavy atom. The van der Waals surface area contributed by atoms with Crippen LogP contribution in [0.25, 0.3) is 0 Å². The molecule has 1 amide bonds. The van der Waals surface area contributed by atoms with Crippen molar-refractivity contribution >= 4 is 34.8 Å². The second-order valence-corrected chi connectivity index (χ2v) is 8.39. The van der Waals surface area contributed by atoms with E-state index >= 15 is 0 Å². The molecule has 2 aromatic carbocycles. The van der Waals surface area contributed by atoms with Crippen LogP contribution in [-0.4, -0.2) is 55.0 Å². The number of hydrogen-bond acceptors (Lipinski definition) is 3. The number of rotatable bonds is 5. The van der Waals surface area contributed by atoms with Crippen molar-refractivity contribution in [2.24, 2.45) is 0 Å². The maximum atomic E-state index is 12.8. The van der Waals surface area contributed by atoms with Gasteiger partial charge in [-0.2, -0.15) is 0 Å². The summed E-state index contributed by atoms with van der Waals surface area (Å²) in [7, 11) is 1.80. The Labute approximate surface area is 177 Å². The highest BCUT2D eigenvalue weighted by Crippen LogP contribution is 2.24. The summed E-state index contributed by atoms with van der Waals surface area (Å²) in [5.41, 5.74) is 2.81. The molecule has 28 heavy (non-hydrogen) atoms. The molecule has 0 radical (unpaired) electrons. The number of carbonyl (C=O) groups is 1. The maximum absolute atomic E-state index is 12.8. The molecule has 0 unspecified atom stereocenters. The number of halogens is 2. The topological polar surface area (TPSA) is 26.8 Å². The summed E-state index contributed by atoms with van der Waals surface area (Å²) in [5, 5.41) is 1.02. The van der Waals surface area contributed by atoms with Gasteiger partial charge in [0, 0.05) is 57.1 Å². The van der Waals surface area contributed by atoms with Crippen LogP contribution in [-0.2, 0) is 6.54 Å². The van der Waals surface area contributed by atoms with Gasteiger partial charge in [-0.05, 0) is 55.8 Å². The number of nitrogens with zero attached hydrogens (tertiary/aromatic N) is 3.